The zero-order valence-corrected chi connectivity index (χ0v) is 13.8. The smallest absolute Gasteiger partial charge is 0.173 e. The molecule has 2 nitrogen and oxygen atoms in total. The van der Waals surface area contributed by atoms with Gasteiger partial charge in [-0.15, -0.1) is 0 Å². The first-order valence-electron chi connectivity index (χ1n) is 6.09. The van der Waals surface area contributed by atoms with Gasteiger partial charge in [0.15, 0.2) is 5.11 Å². The van der Waals surface area contributed by atoms with Crippen LogP contribution in [0.3, 0.4) is 0 Å². The van der Waals surface area contributed by atoms with Crippen molar-refractivity contribution in [1.82, 2.24) is 4.90 Å². The molecule has 5 heteroatoms. The normalized spacial score (nSPS) is 10.2. The van der Waals surface area contributed by atoms with Gasteiger partial charge in [-0.05, 0) is 43.3 Å². The van der Waals surface area contributed by atoms with E-state index < -0.39 is 0 Å². The summed E-state index contributed by atoms with van der Waals surface area (Å²) in [6, 6.07) is 5.73. The molecule has 18 heavy (non-hydrogen) atoms. The summed E-state index contributed by atoms with van der Waals surface area (Å²) in [7, 11) is 0. The maximum atomic E-state index is 6.16. The number of benzene rings is 1. The zero-order valence-electron chi connectivity index (χ0n) is 10.7. The van der Waals surface area contributed by atoms with E-state index in [4.69, 9.17) is 23.8 Å². The maximum Gasteiger partial charge on any atom is 0.173 e. The Balaban J connectivity index is 2.72. The number of hydrogen-bond acceptors (Lipinski definition) is 1. The molecular formula is C13H18BrClN2S. The average Bonchev–Trinajstić information content (AvgIpc) is 2.32. The highest BCUT2D eigenvalue weighted by Gasteiger charge is 2.09. The number of nitrogens with zero attached hydrogens (tertiary/aromatic N) is 1. The van der Waals surface area contributed by atoms with Crippen molar-refractivity contribution in [2.45, 2.75) is 26.7 Å². The lowest BCUT2D eigenvalue weighted by Crippen LogP contribution is -2.35. The molecular weight excluding hydrogens is 332 g/mol. The van der Waals surface area contributed by atoms with Gasteiger partial charge in [-0.3, -0.25) is 0 Å². The highest BCUT2D eigenvalue weighted by molar-refractivity contribution is 9.10. The summed E-state index contributed by atoms with van der Waals surface area (Å²) >= 11 is 15.0. The van der Waals surface area contributed by atoms with Gasteiger partial charge in [-0.2, -0.15) is 0 Å². The van der Waals surface area contributed by atoms with Gasteiger partial charge < -0.3 is 10.2 Å². The number of nitrogens with one attached hydrogen (secondary N) is 1. The van der Waals surface area contributed by atoms with Crippen LogP contribution in [0, 0.1) is 0 Å². The molecule has 0 radical (unpaired) electrons. The molecule has 1 aromatic rings. The maximum absolute atomic E-state index is 6.16. The SMILES string of the molecule is CCCN(CCC)C(=S)Nc1ccc(Br)cc1Cl. The predicted molar refractivity (Wildman–Crippen MR) is 87.5 cm³/mol. The van der Waals surface area contributed by atoms with Gasteiger partial charge in [-0.25, -0.2) is 0 Å². The third-order valence-electron chi connectivity index (χ3n) is 2.45. The lowest BCUT2D eigenvalue weighted by molar-refractivity contribution is 0.423. The molecule has 1 rings (SSSR count). The Labute approximate surface area is 128 Å². The summed E-state index contributed by atoms with van der Waals surface area (Å²) in [6.45, 7) is 6.23. The van der Waals surface area contributed by atoms with Crippen molar-refractivity contribution in [3.63, 3.8) is 0 Å². The summed E-state index contributed by atoms with van der Waals surface area (Å²) in [4.78, 5) is 2.17. The van der Waals surface area contributed by atoms with Crippen LogP contribution in [0.4, 0.5) is 5.69 Å². The van der Waals surface area contributed by atoms with Crippen LogP contribution in [-0.4, -0.2) is 23.1 Å². The molecule has 1 aromatic carbocycles. The van der Waals surface area contributed by atoms with E-state index in [1.807, 2.05) is 18.2 Å². The molecule has 0 aliphatic heterocycles. The Hall–Kier alpha value is -0.320. The Morgan fingerprint density at radius 1 is 1.33 bits per heavy atom. The molecule has 0 saturated carbocycles. The van der Waals surface area contributed by atoms with Gasteiger partial charge in [0.25, 0.3) is 0 Å². The number of anilines is 1. The molecule has 0 heterocycles. The summed E-state index contributed by atoms with van der Waals surface area (Å²) in [5, 5.41) is 4.62. The topological polar surface area (TPSA) is 15.3 Å². The van der Waals surface area contributed by atoms with Crippen LogP contribution in [0.2, 0.25) is 5.02 Å². The minimum Gasteiger partial charge on any atom is -0.349 e. The van der Waals surface area contributed by atoms with Crippen molar-refractivity contribution in [2.75, 3.05) is 18.4 Å². The molecule has 0 aliphatic carbocycles. The number of hydrogen-bond donors (Lipinski definition) is 1. The quantitative estimate of drug-likeness (QED) is 0.759. The van der Waals surface area contributed by atoms with Crippen molar-refractivity contribution in [3.05, 3.63) is 27.7 Å². The average molecular weight is 350 g/mol. The Morgan fingerprint density at radius 3 is 2.44 bits per heavy atom. The fourth-order valence-corrected chi connectivity index (χ4v) is 2.65. The van der Waals surface area contributed by atoms with E-state index in [0.717, 1.165) is 41.2 Å². The van der Waals surface area contributed by atoms with Crippen molar-refractivity contribution < 1.29 is 0 Å². The van der Waals surface area contributed by atoms with E-state index in [1.165, 1.54) is 0 Å². The van der Waals surface area contributed by atoms with Crippen molar-refractivity contribution in [1.29, 1.82) is 0 Å². The van der Waals surface area contributed by atoms with Crippen LogP contribution in [0.1, 0.15) is 26.7 Å². The lowest BCUT2D eigenvalue weighted by Gasteiger charge is -2.25. The first kappa shape index (κ1) is 15.7. The van der Waals surface area contributed by atoms with E-state index in [-0.39, 0.29) is 0 Å². The van der Waals surface area contributed by atoms with Gasteiger partial charge in [0.05, 0.1) is 10.7 Å². The molecule has 100 valence electrons. The molecule has 0 aliphatic rings. The van der Waals surface area contributed by atoms with Crippen LogP contribution in [0.5, 0.6) is 0 Å². The second-order valence-electron chi connectivity index (χ2n) is 4.04. The van der Waals surface area contributed by atoms with Crippen LogP contribution in [0.25, 0.3) is 0 Å². The van der Waals surface area contributed by atoms with E-state index in [1.54, 1.807) is 0 Å². The van der Waals surface area contributed by atoms with Gasteiger partial charge in [-0.1, -0.05) is 41.4 Å². The van der Waals surface area contributed by atoms with Crippen LogP contribution in [-0.2, 0) is 0 Å². The number of thiocarbonyl (C=S) groups is 1. The first-order valence-corrected chi connectivity index (χ1v) is 7.67. The van der Waals surface area contributed by atoms with Crippen molar-refractivity contribution >= 4 is 50.5 Å². The van der Waals surface area contributed by atoms with Crippen molar-refractivity contribution in [2.24, 2.45) is 0 Å². The second-order valence-corrected chi connectivity index (χ2v) is 5.75. The van der Waals surface area contributed by atoms with E-state index in [9.17, 15) is 0 Å². The van der Waals surface area contributed by atoms with Crippen molar-refractivity contribution in [3.8, 4) is 0 Å². The molecule has 0 fully saturated rings. The number of halogens is 2. The summed E-state index contributed by atoms with van der Waals surface area (Å²) in [6.07, 6.45) is 2.16. The zero-order chi connectivity index (χ0) is 13.5. The van der Waals surface area contributed by atoms with Crippen LogP contribution >= 0.6 is 39.7 Å². The Kier molecular flexibility index (Phi) is 6.97. The fourth-order valence-electron chi connectivity index (χ4n) is 1.64. The molecule has 0 bridgehead atoms. The lowest BCUT2D eigenvalue weighted by atomic mass is 10.3. The largest absolute Gasteiger partial charge is 0.349 e. The van der Waals surface area contributed by atoms with Gasteiger partial charge >= 0.3 is 0 Å². The monoisotopic (exact) mass is 348 g/mol. The highest BCUT2D eigenvalue weighted by Crippen LogP contribution is 2.25. The summed E-state index contributed by atoms with van der Waals surface area (Å²) < 4.78 is 0.961. The van der Waals surface area contributed by atoms with Crippen LogP contribution in [0.15, 0.2) is 22.7 Å². The minimum absolute atomic E-state index is 0.666. The highest BCUT2D eigenvalue weighted by atomic mass is 79.9. The third-order valence-corrected chi connectivity index (χ3v) is 3.61. The van der Waals surface area contributed by atoms with Gasteiger partial charge in [0.2, 0.25) is 0 Å². The van der Waals surface area contributed by atoms with Crippen LogP contribution < -0.4 is 5.32 Å². The third kappa shape index (κ3) is 4.75. The van der Waals surface area contributed by atoms with E-state index in [2.05, 4.69) is 40.0 Å². The van der Waals surface area contributed by atoms with Gasteiger partial charge in [0, 0.05) is 17.6 Å². The first-order chi connectivity index (χ1) is 8.58. The molecule has 0 amide bonds. The molecule has 0 atom stereocenters. The molecule has 1 N–H and O–H groups in total. The number of rotatable bonds is 5. The fraction of sp³-hybridized carbons (Fsp3) is 0.462. The van der Waals surface area contributed by atoms with Gasteiger partial charge in [0.1, 0.15) is 0 Å². The standard InChI is InChI=1S/C13H18BrClN2S/c1-3-7-17(8-4-2)13(18)16-12-6-5-10(14)9-11(12)15/h5-6,9H,3-4,7-8H2,1-2H3,(H,16,18). The summed E-state index contributed by atoms with van der Waals surface area (Å²) in [5.41, 5.74) is 0.849. The second kappa shape index (κ2) is 7.97. The molecule has 0 unspecified atom stereocenters. The Bertz CT molecular complexity index is 406. The predicted octanol–water partition coefficient (Wildman–Crippen LogP) is 4.92. The summed E-state index contributed by atoms with van der Waals surface area (Å²) in [5.74, 6) is 0. The van der Waals surface area contributed by atoms with E-state index >= 15 is 0 Å². The minimum atomic E-state index is 0.666. The Morgan fingerprint density at radius 2 is 1.94 bits per heavy atom. The molecule has 0 aromatic heterocycles. The van der Waals surface area contributed by atoms with E-state index in [0.29, 0.717) is 5.02 Å². The molecule has 0 saturated heterocycles. The molecule has 0 spiro atoms.